The summed E-state index contributed by atoms with van der Waals surface area (Å²) in [6.45, 7) is 3.70. The molecular weight excluding hydrogens is 566 g/mol. The number of anilines is 1. The van der Waals surface area contributed by atoms with Crippen LogP contribution in [0.15, 0.2) is 17.7 Å². The van der Waals surface area contributed by atoms with Gasteiger partial charge in [0.2, 0.25) is 5.92 Å². The van der Waals surface area contributed by atoms with Crippen molar-refractivity contribution in [3.05, 3.63) is 22.6 Å². The molecule has 0 bridgehead atoms. The van der Waals surface area contributed by atoms with Gasteiger partial charge >= 0.3 is 6.09 Å². The molecule has 14 heteroatoms. The fourth-order valence-electron chi connectivity index (χ4n) is 5.16. The monoisotopic (exact) mass is 601 g/mol. The maximum atomic E-state index is 14.3. The summed E-state index contributed by atoms with van der Waals surface area (Å²) in [4.78, 5) is 42.6. The Morgan fingerprint density at radius 2 is 1.88 bits per heavy atom. The number of nitrogens with one attached hydrogen (secondary N) is 3. The molecule has 41 heavy (non-hydrogen) atoms. The van der Waals surface area contributed by atoms with Gasteiger partial charge in [0.1, 0.15) is 17.2 Å². The Labute approximate surface area is 239 Å². The summed E-state index contributed by atoms with van der Waals surface area (Å²) < 4.78 is 61.8. The topological polar surface area (TPSA) is 113 Å². The number of hydrogen-bond donors (Lipinski definition) is 3. The summed E-state index contributed by atoms with van der Waals surface area (Å²) in [6, 6.07) is -1.58. The molecule has 1 amide bonds. The molecule has 3 aliphatic rings. The zero-order valence-corrected chi connectivity index (χ0v) is 24.0. The Hall–Kier alpha value is -3.08. The van der Waals surface area contributed by atoms with E-state index in [1.165, 1.54) is 11.1 Å². The third kappa shape index (κ3) is 8.47. The Morgan fingerprint density at radius 1 is 1.20 bits per heavy atom. The number of carbonyl (C=O) groups excluding carboxylic acids is 3. The second-order valence-electron chi connectivity index (χ2n) is 12.0. The zero-order valence-electron chi connectivity index (χ0n) is 23.2. The molecule has 2 heterocycles. The van der Waals surface area contributed by atoms with Gasteiger partial charge < -0.3 is 25.6 Å². The molecular formula is C27H35F4N5O4S. The number of ether oxygens (including phenoxy) is 1. The predicted octanol–water partition coefficient (Wildman–Crippen LogP) is 5.04. The van der Waals surface area contributed by atoms with Crippen molar-refractivity contribution in [3.8, 4) is 0 Å². The SMILES string of the molecule is CC(C)(C)OC(=O)N[C@H](C(=C=O)Nc1ncc(C(CC2CC2)N2CC(F)(F)CNC2=C=O)s1)C1CCC(F)(F)CC1. The molecule has 0 spiro atoms. The van der Waals surface area contributed by atoms with E-state index in [2.05, 4.69) is 20.9 Å². The Bertz CT molecular complexity index is 1210. The van der Waals surface area contributed by atoms with Crippen molar-refractivity contribution in [3.63, 3.8) is 0 Å². The van der Waals surface area contributed by atoms with Gasteiger partial charge in [0.15, 0.2) is 16.9 Å². The summed E-state index contributed by atoms with van der Waals surface area (Å²) in [6.07, 6.45) is 2.46. The highest BCUT2D eigenvalue weighted by atomic mass is 32.1. The van der Waals surface area contributed by atoms with Crippen LogP contribution in [0.5, 0.6) is 0 Å². The highest BCUT2D eigenvalue weighted by molar-refractivity contribution is 7.15. The van der Waals surface area contributed by atoms with Gasteiger partial charge in [0, 0.05) is 23.9 Å². The maximum absolute atomic E-state index is 14.3. The average Bonchev–Trinajstić information content (AvgIpc) is 3.58. The standard InChI is InChI=1S/C27H35F4N5O4S/c1-25(2,3)40-24(39)35-22(17-6-8-26(28,29)9-7-17)18(12-37)34-23-32-11-20(41-23)19(10-16-4-5-16)36-15-27(30,31)14-33-21(36)13-38/h11,16-17,19,22,33H,4-10,14-15H2,1-3H3,(H,32,34)(H,35,39)/t19?,22-/m0/s1. The molecule has 1 aromatic rings. The smallest absolute Gasteiger partial charge is 0.408 e. The van der Waals surface area contributed by atoms with E-state index in [1.54, 1.807) is 32.7 Å². The van der Waals surface area contributed by atoms with Crippen LogP contribution in [-0.2, 0) is 14.3 Å². The lowest BCUT2D eigenvalue weighted by atomic mass is 9.81. The van der Waals surface area contributed by atoms with Crippen LogP contribution < -0.4 is 16.0 Å². The number of rotatable bonds is 9. The number of halogens is 4. The molecule has 3 N–H and O–H groups in total. The summed E-state index contributed by atoms with van der Waals surface area (Å²) in [5.41, 5.74) is -0.937. The van der Waals surface area contributed by atoms with Crippen molar-refractivity contribution in [1.82, 2.24) is 20.5 Å². The predicted molar refractivity (Wildman–Crippen MR) is 144 cm³/mol. The van der Waals surface area contributed by atoms with Crippen LogP contribution in [0.3, 0.4) is 0 Å². The first-order chi connectivity index (χ1) is 19.2. The van der Waals surface area contributed by atoms with E-state index in [0.717, 1.165) is 24.2 Å². The number of alkyl carbamates (subject to hydrolysis) is 1. The molecule has 1 aromatic heterocycles. The number of amides is 1. The molecule has 0 aromatic carbocycles. The van der Waals surface area contributed by atoms with Gasteiger partial charge in [-0.05, 0) is 51.9 Å². The summed E-state index contributed by atoms with van der Waals surface area (Å²) in [5.74, 6) is -2.57. The number of carbonyl (C=O) groups is 1. The van der Waals surface area contributed by atoms with Crippen LogP contribution in [0.25, 0.3) is 0 Å². The van der Waals surface area contributed by atoms with Crippen LogP contribution in [0.2, 0.25) is 0 Å². The number of nitrogens with zero attached hydrogens (tertiary/aromatic N) is 2. The third-order valence-corrected chi connectivity index (χ3v) is 8.36. The zero-order chi connectivity index (χ0) is 30.0. The normalized spacial score (nSPS) is 22.0. The number of aromatic nitrogens is 1. The van der Waals surface area contributed by atoms with E-state index in [9.17, 15) is 31.9 Å². The van der Waals surface area contributed by atoms with Crippen LogP contribution >= 0.6 is 11.3 Å². The lowest BCUT2D eigenvalue weighted by molar-refractivity contribution is -0.0532. The molecule has 2 aliphatic carbocycles. The Kier molecular flexibility index (Phi) is 9.06. The van der Waals surface area contributed by atoms with Gasteiger partial charge in [0.25, 0.3) is 5.92 Å². The number of alkyl halides is 4. The average molecular weight is 602 g/mol. The van der Waals surface area contributed by atoms with E-state index in [-0.39, 0.29) is 42.3 Å². The Balaban J connectivity index is 1.56. The van der Waals surface area contributed by atoms with Gasteiger partial charge in [-0.25, -0.2) is 36.9 Å². The van der Waals surface area contributed by atoms with Crippen LogP contribution in [0.4, 0.5) is 27.5 Å². The van der Waals surface area contributed by atoms with E-state index < -0.39 is 54.6 Å². The van der Waals surface area contributed by atoms with Crippen LogP contribution in [0.1, 0.15) is 76.6 Å². The molecule has 4 rings (SSSR count). The highest BCUT2D eigenvalue weighted by Gasteiger charge is 2.43. The molecule has 226 valence electrons. The number of thiazole rings is 1. The second-order valence-corrected chi connectivity index (χ2v) is 13.1. The van der Waals surface area contributed by atoms with Gasteiger partial charge in [-0.3, -0.25) is 0 Å². The van der Waals surface area contributed by atoms with E-state index in [4.69, 9.17) is 4.74 Å². The van der Waals surface area contributed by atoms with Crippen molar-refractivity contribution in [2.24, 2.45) is 11.8 Å². The maximum Gasteiger partial charge on any atom is 0.408 e. The van der Waals surface area contributed by atoms with Crippen molar-refractivity contribution >= 4 is 34.4 Å². The molecule has 2 atom stereocenters. The van der Waals surface area contributed by atoms with Gasteiger partial charge in [-0.15, -0.1) is 0 Å². The molecule has 0 radical (unpaired) electrons. The van der Waals surface area contributed by atoms with Crippen molar-refractivity contribution in [2.75, 3.05) is 18.4 Å². The first kappa shape index (κ1) is 30.9. The van der Waals surface area contributed by atoms with Crippen LogP contribution in [-0.4, -0.2) is 64.4 Å². The van der Waals surface area contributed by atoms with E-state index >= 15 is 0 Å². The first-order valence-electron chi connectivity index (χ1n) is 13.7. The summed E-state index contributed by atoms with van der Waals surface area (Å²) in [5, 5.41) is 8.22. The van der Waals surface area contributed by atoms with Crippen molar-refractivity contribution < 1.29 is 36.7 Å². The summed E-state index contributed by atoms with van der Waals surface area (Å²) >= 11 is 1.11. The minimum Gasteiger partial charge on any atom is -0.444 e. The van der Waals surface area contributed by atoms with Crippen molar-refractivity contribution in [2.45, 2.75) is 95.2 Å². The fourth-order valence-corrected chi connectivity index (χ4v) is 6.12. The van der Waals surface area contributed by atoms with Gasteiger partial charge in [0.05, 0.1) is 25.2 Å². The van der Waals surface area contributed by atoms with Gasteiger partial charge in [-0.1, -0.05) is 24.2 Å². The quantitative estimate of drug-likeness (QED) is 0.267. The largest absolute Gasteiger partial charge is 0.444 e. The molecule has 1 unspecified atom stereocenters. The van der Waals surface area contributed by atoms with E-state index in [1.807, 2.05) is 0 Å². The third-order valence-electron chi connectivity index (χ3n) is 7.35. The molecule has 1 aliphatic heterocycles. The van der Waals surface area contributed by atoms with E-state index in [0.29, 0.717) is 17.2 Å². The Morgan fingerprint density at radius 3 is 2.46 bits per heavy atom. The molecule has 1 saturated heterocycles. The molecule has 3 fully saturated rings. The first-order valence-corrected chi connectivity index (χ1v) is 14.5. The van der Waals surface area contributed by atoms with Crippen molar-refractivity contribution in [1.29, 1.82) is 0 Å². The van der Waals surface area contributed by atoms with Crippen LogP contribution in [0, 0.1) is 11.8 Å². The second kappa shape index (κ2) is 12.0. The lowest BCUT2D eigenvalue weighted by Gasteiger charge is -2.40. The van der Waals surface area contributed by atoms with Gasteiger partial charge in [-0.2, -0.15) is 0 Å². The minimum absolute atomic E-state index is 0.0475. The summed E-state index contributed by atoms with van der Waals surface area (Å²) in [7, 11) is 0. The molecule has 2 saturated carbocycles. The minimum atomic E-state index is -3.06. The molecule has 9 nitrogen and oxygen atoms in total. The highest BCUT2D eigenvalue weighted by Crippen LogP contribution is 2.44. The fraction of sp³-hybridized carbons (Fsp3) is 0.704. The number of hydrogen-bond acceptors (Lipinski definition) is 9. The lowest BCUT2D eigenvalue weighted by Crippen LogP contribution is -2.53.